The molecule has 0 unspecified atom stereocenters. The topological polar surface area (TPSA) is 91.0 Å². The van der Waals surface area contributed by atoms with Gasteiger partial charge in [0.15, 0.2) is 0 Å². The smallest absolute Gasteiger partial charge is 0.255 e. The molecule has 2 aromatic carbocycles. The Morgan fingerprint density at radius 2 is 1.85 bits per heavy atom. The van der Waals surface area contributed by atoms with Crippen molar-refractivity contribution in [2.45, 2.75) is 38.3 Å². The van der Waals surface area contributed by atoms with Crippen LogP contribution in [0.1, 0.15) is 64.5 Å². The molecule has 2 aromatic rings. The fourth-order valence-electron chi connectivity index (χ4n) is 3.17. The van der Waals surface area contributed by atoms with E-state index in [-0.39, 0.29) is 21.1 Å². The molecule has 5 rings (SSSR count). The van der Waals surface area contributed by atoms with Crippen LogP contribution < -0.4 is 10.6 Å². The number of nitrogens with one attached hydrogen (secondary N) is 2. The monoisotopic (exact) mass is 466 g/mol. The Labute approximate surface area is 218 Å². The van der Waals surface area contributed by atoms with E-state index in [1.165, 1.54) is 6.07 Å². The molecule has 8 heteroatoms. The molecule has 3 heterocycles. The highest BCUT2D eigenvalue weighted by atomic mass is 16.5. The van der Waals surface area contributed by atoms with Crippen LogP contribution in [0, 0.1) is 0 Å². The minimum atomic E-state index is -3.59. The van der Waals surface area contributed by atoms with E-state index in [0.29, 0.717) is 0 Å². The van der Waals surface area contributed by atoms with Crippen LogP contribution in [0.25, 0.3) is 0 Å². The van der Waals surface area contributed by atoms with Crippen molar-refractivity contribution in [2.75, 3.05) is 31.4 Å². The molecule has 0 radical (unpaired) electrons. The van der Waals surface area contributed by atoms with Crippen LogP contribution in [0.15, 0.2) is 42.5 Å². The Hall–Kier alpha value is -3.23. The first-order chi connectivity index (χ1) is 22.8. The number of fused-ring (bicyclic) bond motifs is 1. The van der Waals surface area contributed by atoms with Gasteiger partial charge in [-0.1, -0.05) is 30.3 Å². The molecule has 0 bridgehead atoms. The van der Waals surface area contributed by atoms with Crippen molar-refractivity contribution in [1.29, 1.82) is 0 Å². The minimum absolute atomic E-state index is 0.141. The first kappa shape index (κ1) is 9.19. The second-order valence-corrected chi connectivity index (χ2v) is 6.81. The molecule has 0 aliphatic carbocycles. The molecule has 0 saturated carbocycles. The van der Waals surface area contributed by atoms with Gasteiger partial charge in [0.05, 0.1) is 24.1 Å². The molecule has 3 aliphatic heterocycles. The maximum absolute atomic E-state index is 13.5. The molecule has 2 fully saturated rings. The zero-order chi connectivity index (χ0) is 38.9. The number of anilines is 1. The van der Waals surface area contributed by atoms with Crippen molar-refractivity contribution in [1.82, 2.24) is 15.1 Å². The molecule has 0 aromatic heterocycles. The number of amides is 3. The standard InChI is InChI=1S/C25H28N4O4/c30-23-9-8-22(24(31)27-23)29-16-20-19(25(29)32)2-1-3-21(20)26-14-17-4-6-18(7-5-17)15-28-10-12-33-13-11-28/h1-7,22,26H,8-16H2,(H,27,30,31)/t22-/m1/s1/i8D2,9D2,10D2,11D2,12D2,13D2,14D2,15D2,16D2. The predicted molar refractivity (Wildman–Crippen MR) is 122 cm³/mol. The summed E-state index contributed by atoms with van der Waals surface area (Å²) in [5.41, 5.74) is -2.24. The lowest BCUT2D eigenvalue weighted by atomic mass is 10.0. The van der Waals surface area contributed by atoms with Gasteiger partial charge in [-0.3, -0.25) is 24.6 Å². The average Bonchev–Trinajstić information content (AvgIpc) is 3.16. The summed E-state index contributed by atoms with van der Waals surface area (Å²) in [6, 6.07) is 4.75. The minimum Gasteiger partial charge on any atom is -0.381 e. The van der Waals surface area contributed by atoms with Gasteiger partial charge in [0.2, 0.25) is 11.8 Å². The van der Waals surface area contributed by atoms with E-state index in [4.69, 9.17) is 24.7 Å². The Bertz CT molecular complexity index is 1790. The van der Waals surface area contributed by atoms with Gasteiger partial charge >= 0.3 is 0 Å². The summed E-state index contributed by atoms with van der Waals surface area (Å²) in [6.07, 6.45) is -6.79. The lowest BCUT2D eigenvalue weighted by molar-refractivity contribution is -0.136. The number of piperidine rings is 1. The van der Waals surface area contributed by atoms with Gasteiger partial charge < -0.3 is 15.0 Å². The van der Waals surface area contributed by atoms with Crippen LogP contribution in [-0.2, 0) is 33.8 Å². The molecule has 0 spiro atoms. The van der Waals surface area contributed by atoms with Crippen molar-refractivity contribution in [3.8, 4) is 0 Å². The van der Waals surface area contributed by atoms with Crippen molar-refractivity contribution in [2.24, 2.45) is 0 Å². The zero-order valence-corrected chi connectivity index (χ0v) is 16.6. The van der Waals surface area contributed by atoms with Gasteiger partial charge in [-0.05, 0) is 29.6 Å². The molecule has 33 heavy (non-hydrogen) atoms. The predicted octanol–water partition coefficient (Wildman–Crippen LogP) is 1.89. The van der Waals surface area contributed by atoms with Crippen LogP contribution in [0.5, 0.6) is 0 Å². The summed E-state index contributed by atoms with van der Waals surface area (Å²) in [5.74, 6) is -4.38. The van der Waals surface area contributed by atoms with E-state index in [1.807, 2.05) is 0 Å². The average molecular weight is 467 g/mol. The lowest BCUT2D eigenvalue weighted by Gasteiger charge is -2.29. The molecule has 1 atom stereocenters. The van der Waals surface area contributed by atoms with Gasteiger partial charge in [0.25, 0.3) is 5.91 Å². The van der Waals surface area contributed by atoms with Gasteiger partial charge in [0.1, 0.15) is 6.04 Å². The van der Waals surface area contributed by atoms with Crippen molar-refractivity contribution in [3.63, 3.8) is 0 Å². The maximum atomic E-state index is 13.5. The van der Waals surface area contributed by atoms with E-state index in [2.05, 4.69) is 10.1 Å². The molecule has 3 aliphatic rings. The first-order valence-corrected chi connectivity index (χ1v) is 9.54. The molecular formula is C25H28N4O4. The zero-order valence-electron chi connectivity index (χ0n) is 34.6. The third-order valence-corrected chi connectivity index (χ3v) is 4.70. The van der Waals surface area contributed by atoms with E-state index in [9.17, 15) is 14.4 Å². The maximum Gasteiger partial charge on any atom is 0.255 e. The lowest BCUT2D eigenvalue weighted by Crippen LogP contribution is -2.52. The highest BCUT2D eigenvalue weighted by Crippen LogP contribution is 2.32. The second kappa shape index (κ2) is 9.33. The number of ether oxygens (including phenoxy) is 1. The second-order valence-electron chi connectivity index (χ2n) is 6.81. The third kappa shape index (κ3) is 4.62. The largest absolute Gasteiger partial charge is 0.381 e. The summed E-state index contributed by atoms with van der Waals surface area (Å²) in [4.78, 5) is 38.3. The first-order valence-electron chi connectivity index (χ1n) is 18.5. The molecule has 3 amide bonds. The highest BCUT2D eigenvalue weighted by Gasteiger charge is 2.39. The number of hydrogen-bond acceptors (Lipinski definition) is 6. The Morgan fingerprint density at radius 3 is 2.64 bits per heavy atom. The summed E-state index contributed by atoms with van der Waals surface area (Å²) in [5, 5.41) is 4.03. The van der Waals surface area contributed by atoms with Gasteiger partial charge in [-0.2, -0.15) is 0 Å². The number of carbonyl (C=O) groups excluding carboxylic acids is 3. The highest BCUT2D eigenvalue weighted by molar-refractivity contribution is 6.06. The number of nitrogens with zero attached hydrogens (tertiary/aromatic N) is 2. The summed E-state index contributed by atoms with van der Waals surface area (Å²) < 4.78 is 153. The number of hydrogen-bond donors (Lipinski definition) is 2. The van der Waals surface area contributed by atoms with Crippen molar-refractivity contribution >= 4 is 23.4 Å². The Morgan fingerprint density at radius 1 is 1.09 bits per heavy atom. The van der Waals surface area contributed by atoms with Crippen LogP contribution in [0.2, 0.25) is 0 Å². The number of morpholine rings is 1. The third-order valence-electron chi connectivity index (χ3n) is 4.70. The summed E-state index contributed by atoms with van der Waals surface area (Å²) in [6.45, 7) is -23.3. The summed E-state index contributed by atoms with van der Waals surface area (Å²) >= 11 is 0. The van der Waals surface area contributed by atoms with Crippen LogP contribution in [0.3, 0.4) is 0 Å². The number of imide groups is 1. The van der Waals surface area contributed by atoms with Crippen molar-refractivity contribution < 1.29 is 43.8 Å². The van der Waals surface area contributed by atoms with Gasteiger partial charge in [-0.25, -0.2) is 0 Å². The number of benzene rings is 2. The van der Waals surface area contributed by atoms with Gasteiger partial charge in [-0.15, -0.1) is 0 Å². The Balaban J connectivity index is 1.49. The fourth-order valence-corrected chi connectivity index (χ4v) is 3.17. The molecule has 2 N–H and O–H groups in total. The van der Waals surface area contributed by atoms with Crippen LogP contribution >= 0.6 is 0 Å². The van der Waals surface area contributed by atoms with E-state index < -0.39 is 98.8 Å². The molecular weight excluding hydrogens is 420 g/mol. The summed E-state index contributed by atoms with van der Waals surface area (Å²) in [7, 11) is 0. The van der Waals surface area contributed by atoms with E-state index in [1.54, 1.807) is 5.32 Å². The quantitative estimate of drug-likeness (QED) is 0.632. The molecule has 172 valence electrons. The molecule has 2 saturated heterocycles. The van der Waals surface area contributed by atoms with E-state index in [0.717, 1.165) is 36.4 Å². The fraction of sp³-hybridized carbons (Fsp3) is 0.400. The van der Waals surface area contributed by atoms with Crippen molar-refractivity contribution in [3.05, 3.63) is 64.7 Å². The van der Waals surface area contributed by atoms with Crippen LogP contribution in [0.4, 0.5) is 5.69 Å². The molecule has 8 nitrogen and oxygen atoms in total. The SMILES string of the molecule is [2H]C([2H])(Nc1cccc2c1C([2H])([2H])N([C@H]1C(=O)NC(=O)C([2H])([2H])C1([2H])[2H])C2=O)c1ccc(C([2H])([2H])N2C([2H])([2H])C([2H])([2H])OC([2H])([2H])C2([2H])[2H])cc1. The Kier molecular flexibility index (Phi) is 2.60. The number of rotatable bonds is 6. The van der Waals surface area contributed by atoms with Crippen LogP contribution in [-0.4, -0.2) is 59.7 Å². The van der Waals surface area contributed by atoms with E-state index >= 15 is 0 Å². The normalized spacial score (nSPS) is 40.8. The number of carbonyl (C=O) groups is 3. The van der Waals surface area contributed by atoms with Gasteiger partial charge in [0, 0.05) is 69.4 Å².